The Hall–Kier alpha value is -0.390. The molecule has 1 unspecified atom stereocenters. The molecule has 90 valence electrons. The summed E-state index contributed by atoms with van der Waals surface area (Å²) in [7, 11) is 1.67. The van der Waals surface area contributed by atoms with E-state index in [0.29, 0.717) is 0 Å². The molecule has 5 heteroatoms. The molecule has 1 aromatic heterocycles. The molecule has 1 aliphatic carbocycles. The molecule has 1 N–H and O–H groups in total. The summed E-state index contributed by atoms with van der Waals surface area (Å²) in [6, 6.07) is 0. The quantitative estimate of drug-likeness (QED) is 0.925. The average molecular weight is 289 g/mol. The largest absolute Gasteiger partial charge is 0.384 e. The Balaban J connectivity index is 2.32. The number of halogens is 1. The maximum absolute atomic E-state index is 10.5. The van der Waals surface area contributed by atoms with Crippen molar-refractivity contribution in [1.82, 2.24) is 9.78 Å². The Morgan fingerprint density at radius 1 is 1.69 bits per heavy atom. The molecule has 0 amide bonds. The molecular formula is C11H17BrN2O2. The van der Waals surface area contributed by atoms with Gasteiger partial charge in [-0.2, -0.15) is 5.10 Å². The highest BCUT2D eigenvalue weighted by Gasteiger charge is 2.46. The Morgan fingerprint density at radius 2 is 2.38 bits per heavy atom. The molecule has 16 heavy (non-hydrogen) atoms. The Bertz CT molecular complexity index is 369. The number of hydrogen-bond donors (Lipinski definition) is 1. The molecule has 0 saturated heterocycles. The lowest BCUT2D eigenvalue weighted by Crippen LogP contribution is -2.45. The summed E-state index contributed by atoms with van der Waals surface area (Å²) in [5, 5.41) is 14.7. The van der Waals surface area contributed by atoms with Crippen LogP contribution in [0.1, 0.15) is 38.0 Å². The van der Waals surface area contributed by atoms with Crippen molar-refractivity contribution in [2.24, 2.45) is 0 Å². The van der Waals surface area contributed by atoms with Crippen LogP contribution in [0.3, 0.4) is 0 Å². The van der Waals surface area contributed by atoms with E-state index in [-0.39, 0.29) is 0 Å². The molecule has 0 aliphatic heterocycles. The summed E-state index contributed by atoms with van der Waals surface area (Å²) in [4.78, 5) is 0. The van der Waals surface area contributed by atoms with Crippen molar-refractivity contribution in [2.45, 2.75) is 44.4 Å². The number of rotatable bonds is 4. The van der Waals surface area contributed by atoms with E-state index in [1.54, 1.807) is 13.3 Å². The van der Waals surface area contributed by atoms with Crippen molar-refractivity contribution in [1.29, 1.82) is 0 Å². The van der Waals surface area contributed by atoms with Crippen molar-refractivity contribution in [2.75, 3.05) is 7.11 Å². The summed E-state index contributed by atoms with van der Waals surface area (Å²) in [6.45, 7) is 2.76. The molecule has 1 atom stereocenters. The van der Waals surface area contributed by atoms with Gasteiger partial charge in [0.1, 0.15) is 6.10 Å². The smallest absolute Gasteiger partial charge is 0.126 e. The zero-order valence-electron chi connectivity index (χ0n) is 9.61. The van der Waals surface area contributed by atoms with Gasteiger partial charge in [0.15, 0.2) is 0 Å². The number of methoxy groups -OCH3 is 1. The maximum Gasteiger partial charge on any atom is 0.126 e. The standard InChI is InChI=1S/C11H17BrN2O2/c1-3-14-9(8(12)7-13-14)10(15)11(16-2)5-4-6-11/h7,10,15H,3-6H2,1-2H3. The van der Waals surface area contributed by atoms with Crippen molar-refractivity contribution >= 4 is 15.9 Å². The first-order valence-electron chi connectivity index (χ1n) is 5.59. The second-order valence-electron chi connectivity index (χ2n) is 4.22. The average Bonchev–Trinajstić information content (AvgIpc) is 2.58. The fraction of sp³-hybridized carbons (Fsp3) is 0.727. The minimum atomic E-state index is -0.608. The van der Waals surface area contributed by atoms with Crippen LogP contribution in [0, 0.1) is 0 Å². The van der Waals surface area contributed by atoms with Crippen molar-refractivity contribution in [3.63, 3.8) is 0 Å². The number of hydrogen-bond acceptors (Lipinski definition) is 3. The van der Waals surface area contributed by atoms with E-state index in [4.69, 9.17) is 4.74 Å². The van der Waals surface area contributed by atoms with Crippen LogP contribution in [-0.4, -0.2) is 27.6 Å². The molecule has 1 fully saturated rings. The molecule has 0 bridgehead atoms. The highest BCUT2D eigenvalue weighted by molar-refractivity contribution is 9.10. The number of aromatic nitrogens is 2. The van der Waals surface area contributed by atoms with Crippen LogP contribution in [-0.2, 0) is 11.3 Å². The van der Waals surface area contributed by atoms with Crippen LogP contribution in [0.4, 0.5) is 0 Å². The van der Waals surface area contributed by atoms with Gasteiger partial charge in [0.25, 0.3) is 0 Å². The lowest BCUT2D eigenvalue weighted by Gasteiger charge is -2.44. The van der Waals surface area contributed by atoms with Gasteiger partial charge in [-0.05, 0) is 42.1 Å². The van der Waals surface area contributed by atoms with E-state index >= 15 is 0 Å². The summed E-state index contributed by atoms with van der Waals surface area (Å²) in [5.74, 6) is 0. The van der Waals surface area contributed by atoms with Crippen LogP contribution in [0.25, 0.3) is 0 Å². The third kappa shape index (κ3) is 1.71. The summed E-state index contributed by atoms with van der Waals surface area (Å²) in [5.41, 5.74) is 0.416. The highest BCUT2D eigenvalue weighted by Crippen LogP contribution is 2.46. The maximum atomic E-state index is 10.5. The molecule has 1 aliphatic rings. The van der Waals surface area contributed by atoms with Crippen LogP contribution in [0.2, 0.25) is 0 Å². The summed E-state index contributed by atoms with van der Waals surface area (Å²) >= 11 is 3.43. The fourth-order valence-corrected chi connectivity index (χ4v) is 2.77. The molecule has 1 aromatic rings. The summed E-state index contributed by atoms with van der Waals surface area (Å²) < 4.78 is 8.17. The molecule has 2 rings (SSSR count). The zero-order valence-corrected chi connectivity index (χ0v) is 11.2. The molecule has 1 saturated carbocycles. The first-order chi connectivity index (χ1) is 7.64. The van der Waals surface area contributed by atoms with Gasteiger partial charge in [-0.15, -0.1) is 0 Å². The number of nitrogens with zero attached hydrogens (tertiary/aromatic N) is 2. The third-order valence-corrected chi connectivity index (χ3v) is 4.11. The minimum absolute atomic E-state index is 0.407. The monoisotopic (exact) mass is 288 g/mol. The van der Waals surface area contributed by atoms with Gasteiger partial charge in [-0.25, -0.2) is 0 Å². The van der Waals surface area contributed by atoms with Gasteiger partial charge >= 0.3 is 0 Å². The molecule has 0 spiro atoms. The first-order valence-corrected chi connectivity index (χ1v) is 6.38. The predicted molar refractivity (Wildman–Crippen MR) is 64.2 cm³/mol. The first kappa shape index (κ1) is 12.1. The zero-order chi connectivity index (χ0) is 11.8. The van der Waals surface area contributed by atoms with E-state index in [9.17, 15) is 5.11 Å². The Morgan fingerprint density at radius 3 is 2.81 bits per heavy atom. The van der Waals surface area contributed by atoms with E-state index < -0.39 is 11.7 Å². The van der Waals surface area contributed by atoms with Crippen molar-refractivity contribution in [3.8, 4) is 0 Å². The lowest BCUT2D eigenvalue weighted by atomic mass is 9.75. The normalized spacial score (nSPS) is 20.5. The SMILES string of the molecule is CCn1ncc(Br)c1C(O)C1(OC)CCC1. The molecule has 1 heterocycles. The number of aliphatic hydroxyl groups excluding tert-OH is 1. The lowest BCUT2D eigenvalue weighted by molar-refractivity contribution is -0.154. The van der Waals surface area contributed by atoms with Crippen molar-refractivity contribution < 1.29 is 9.84 Å². The number of ether oxygens (including phenoxy) is 1. The van der Waals surface area contributed by atoms with E-state index in [2.05, 4.69) is 21.0 Å². The summed E-state index contributed by atoms with van der Waals surface area (Å²) in [6.07, 6.45) is 4.05. The van der Waals surface area contributed by atoms with Crippen LogP contribution in [0.15, 0.2) is 10.7 Å². The van der Waals surface area contributed by atoms with Gasteiger partial charge in [-0.3, -0.25) is 4.68 Å². The van der Waals surface area contributed by atoms with E-state index in [0.717, 1.165) is 36.0 Å². The number of aryl methyl sites for hydroxylation is 1. The Kier molecular flexibility index (Phi) is 3.37. The van der Waals surface area contributed by atoms with Crippen LogP contribution < -0.4 is 0 Å². The van der Waals surface area contributed by atoms with Gasteiger partial charge in [-0.1, -0.05) is 0 Å². The van der Waals surface area contributed by atoms with Gasteiger partial charge in [0.05, 0.1) is 22.0 Å². The second kappa shape index (κ2) is 4.47. The van der Waals surface area contributed by atoms with Crippen LogP contribution in [0.5, 0.6) is 0 Å². The minimum Gasteiger partial charge on any atom is -0.384 e. The molecule has 0 radical (unpaired) electrons. The van der Waals surface area contributed by atoms with E-state index in [1.807, 2.05) is 11.6 Å². The predicted octanol–water partition coefficient (Wildman–Crippen LogP) is 2.27. The van der Waals surface area contributed by atoms with Gasteiger partial charge in [0.2, 0.25) is 0 Å². The van der Waals surface area contributed by atoms with E-state index in [1.165, 1.54) is 0 Å². The van der Waals surface area contributed by atoms with Gasteiger partial charge < -0.3 is 9.84 Å². The second-order valence-corrected chi connectivity index (χ2v) is 5.07. The van der Waals surface area contributed by atoms with Crippen LogP contribution >= 0.6 is 15.9 Å². The van der Waals surface area contributed by atoms with Gasteiger partial charge in [0, 0.05) is 13.7 Å². The Labute approximate surface area is 104 Å². The third-order valence-electron chi connectivity index (χ3n) is 3.50. The topological polar surface area (TPSA) is 47.3 Å². The highest BCUT2D eigenvalue weighted by atomic mass is 79.9. The number of aliphatic hydroxyl groups is 1. The van der Waals surface area contributed by atoms with Crippen molar-refractivity contribution in [3.05, 3.63) is 16.4 Å². The molecular weight excluding hydrogens is 272 g/mol. The molecule has 0 aromatic carbocycles. The fourth-order valence-electron chi connectivity index (χ4n) is 2.26. The molecule has 4 nitrogen and oxygen atoms in total.